The van der Waals surface area contributed by atoms with E-state index in [1.807, 2.05) is 0 Å². The SMILES string of the molecule is CC(C)(C)c1ccc(N(c2ccc(C(C)(C)C)cc2)c2cc3c4c(c2)N2c5c(cc(C(C)(C)C)cc5C5(C)CCCCC25C)B4c2ccc4oc5ccccc5c4c2N3c2ccc(C(C)(C)C)cc2-c2ccccc2)cc1. The Hall–Kier alpha value is -6.98. The topological polar surface area (TPSA) is 22.9 Å². The van der Waals surface area contributed by atoms with Gasteiger partial charge in [-0.3, -0.25) is 0 Å². The predicted molar refractivity (Wildman–Crippen MR) is 331 cm³/mol. The summed E-state index contributed by atoms with van der Waals surface area (Å²) in [6, 6.07) is 61.1. The lowest BCUT2D eigenvalue weighted by atomic mass is 9.33. The molecule has 3 aliphatic heterocycles. The number of benzene rings is 8. The van der Waals surface area contributed by atoms with Gasteiger partial charge in [0.1, 0.15) is 11.2 Å². The minimum atomic E-state index is -0.177. The molecular weight excluding hydrogens is 934 g/mol. The third-order valence-electron chi connectivity index (χ3n) is 18.8. The second-order valence-corrected chi connectivity index (χ2v) is 27.8. The van der Waals surface area contributed by atoms with Gasteiger partial charge in [-0.1, -0.05) is 200 Å². The molecule has 4 heterocycles. The normalized spacial score (nSPS) is 18.9. The van der Waals surface area contributed by atoms with Crippen LogP contribution in [0.25, 0.3) is 33.1 Å². The molecule has 1 aliphatic carbocycles. The molecule has 13 rings (SSSR count). The van der Waals surface area contributed by atoms with Gasteiger partial charge in [-0.15, -0.1) is 0 Å². The zero-order chi connectivity index (χ0) is 53.9. The van der Waals surface area contributed by atoms with E-state index < -0.39 is 0 Å². The summed E-state index contributed by atoms with van der Waals surface area (Å²) in [4.78, 5) is 8.14. The van der Waals surface area contributed by atoms with E-state index in [0.29, 0.717) is 0 Å². The highest BCUT2D eigenvalue weighted by atomic mass is 16.3. The summed E-state index contributed by atoms with van der Waals surface area (Å²) in [6.45, 7) is 33.3. The van der Waals surface area contributed by atoms with Crippen molar-refractivity contribution in [3.63, 3.8) is 0 Å². The predicted octanol–water partition coefficient (Wildman–Crippen LogP) is 18.3. The highest BCUT2D eigenvalue weighted by Crippen LogP contribution is 2.63. The van der Waals surface area contributed by atoms with Crippen LogP contribution in [0, 0.1) is 0 Å². The van der Waals surface area contributed by atoms with Crippen LogP contribution in [0.4, 0.5) is 45.5 Å². The summed E-state index contributed by atoms with van der Waals surface area (Å²) in [7, 11) is 0. The Morgan fingerprint density at radius 1 is 0.481 bits per heavy atom. The first-order chi connectivity index (χ1) is 36.5. The molecule has 0 saturated heterocycles. The van der Waals surface area contributed by atoms with Crippen LogP contribution in [0.1, 0.15) is 150 Å². The second kappa shape index (κ2) is 16.8. The minimum Gasteiger partial charge on any atom is -0.456 e. The zero-order valence-corrected chi connectivity index (χ0v) is 48.2. The Bertz CT molecular complexity index is 3780. The smallest absolute Gasteiger partial charge is 0.252 e. The monoisotopic (exact) mass is 1010 g/mol. The van der Waals surface area contributed by atoms with Gasteiger partial charge in [-0.2, -0.15) is 0 Å². The first-order valence-electron chi connectivity index (χ1n) is 28.6. The molecule has 77 heavy (non-hydrogen) atoms. The molecule has 4 nitrogen and oxygen atoms in total. The van der Waals surface area contributed by atoms with E-state index in [9.17, 15) is 0 Å². The average Bonchev–Trinajstić information content (AvgIpc) is 3.89. The van der Waals surface area contributed by atoms with Crippen LogP contribution in [0.3, 0.4) is 0 Å². The van der Waals surface area contributed by atoms with Crippen LogP contribution in [0.2, 0.25) is 0 Å². The largest absolute Gasteiger partial charge is 0.456 e. The third-order valence-corrected chi connectivity index (χ3v) is 18.8. The fourth-order valence-electron chi connectivity index (χ4n) is 14.1. The fraction of sp³-hybridized carbons (Fsp3) is 0.333. The van der Waals surface area contributed by atoms with Gasteiger partial charge in [0.2, 0.25) is 0 Å². The van der Waals surface area contributed by atoms with Crippen molar-refractivity contribution in [2.24, 2.45) is 0 Å². The van der Waals surface area contributed by atoms with Crippen LogP contribution in [0.15, 0.2) is 162 Å². The molecule has 9 aromatic rings. The van der Waals surface area contributed by atoms with Crippen molar-refractivity contribution in [1.29, 1.82) is 0 Å². The molecule has 0 bridgehead atoms. The van der Waals surface area contributed by atoms with E-state index in [1.165, 1.54) is 90.9 Å². The van der Waals surface area contributed by atoms with Crippen LogP contribution in [-0.2, 0) is 27.1 Å². The molecule has 4 aliphatic rings. The van der Waals surface area contributed by atoms with Gasteiger partial charge in [0, 0.05) is 44.8 Å². The lowest BCUT2D eigenvalue weighted by molar-refractivity contribution is 0.195. The van der Waals surface area contributed by atoms with E-state index in [0.717, 1.165) is 57.5 Å². The van der Waals surface area contributed by atoms with Crippen LogP contribution in [0.5, 0.6) is 0 Å². The summed E-state index contributed by atoms with van der Waals surface area (Å²) in [6.07, 6.45) is 4.71. The second-order valence-electron chi connectivity index (χ2n) is 27.8. The van der Waals surface area contributed by atoms with Crippen molar-refractivity contribution in [1.82, 2.24) is 0 Å². The van der Waals surface area contributed by atoms with Crippen molar-refractivity contribution >= 4 is 90.5 Å². The molecule has 1 fully saturated rings. The molecular formula is C72H76BN3O. The van der Waals surface area contributed by atoms with Crippen LogP contribution < -0.4 is 31.1 Å². The Labute approximate surface area is 459 Å². The van der Waals surface area contributed by atoms with Crippen LogP contribution in [-0.4, -0.2) is 12.3 Å². The van der Waals surface area contributed by atoms with Crippen LogP contribution >= 0.6 is 0 Å². The molecule has 0 amide bonds. The van der Waals surface area contributed by atoms with E-state index in [2.05, 4.69) is 269 Å². The van der Waals surface area contributed by atoms with E-state index in [1.54, 1.807) is 0 Å². The molecule has 1 aromatic heterocycles. The number of anilines is 8. The summed E-state index contributed by atoms with van der Waals surface area (Å²) in [5.41, 5.74) is 24.5. The van der Waals surface area contributed by atoms with Gasteiger partial charge >= 0.3 is 0 Å². The average molecular weight is 1010 g/mol. The summed E-state index contributed by atoms with van der Waals surface area (Å²) < 4.78 is 6.95. The van der Waals surface area contributed by atoms with Gasteiger partial charge in [0.15, 0.2) is 0 Å². The van der Waals surface area contributed by atoms with Crippen molar-refractivity contribution in [3.05, 3.63) is 186 Å². The highest BCUT2D eigenvalue weighted by molar-refractivity contribution is 7.00. The number of rotatable bonds is 5. The molecule has 1 saturated carbocycles. The Morgan fingerprint density at radius 3 is 1.70 bits per heavy atom. The molecule has 0 radical (unpaired) electrons. The van der Waals surface area contributed by atoms with Gasteiger partial charge in [-0.05, 0) is 152 Å². The first-order valence-corrected chi connectivity index (χ1v) is 28.6. The molecule has 2 unspecified atom stereocenters. The summed E-state index contributed by atoms with van der Waals surface area (Å²) >= 11 is 0. The van der Waals surface area contributed by atoms with E-state index in [-0.39, 0.29) is 39.3 Å². The Kier molecular flexibility index (Phi) is 10.8. The van der Waals surface area contributed by atoms with Gasteiger partial charge < -0.3 is 19.1 Å². The van der Waals surface area contributed by atoms with E-state index in [4.69, 9.17) is 4.42 Å². The maximum atomic E-state index is 6.95. The summed E-state index contributed by atoms with van der Waals surface area (Å²) in [5.74, 6) is 0. The number of para-hydroxylation sites is 1. The Balaban J connectivity index is 1.22. The maximum absolute atomic E-state index is 6.95. The Morgan fingerprint density at radius 2 is 1.06 bits per heavy atom. The number of nitrogens with zero attached hydrogens (tertiary/aromatic N) is 3. The number of furan rings is 1. The van der Waals surface area contributed by atoms with Crippen molar-refractivity contribution in [2.75, 3.05) is 14.7 Å². The summed E-state index contributed by atoms with van der Waals surface area (Å²) in [5, 5.41) is 2.29. The van der Waals surface area contributed by atoms with Crippen molar-refractivity contribution < 1.29 is 4.42 Å². The fourth-order valence-corrected chi connectivity index (χ4v) is 14.1. The standard InChI is InChI=1S/C72H76BN3O/c1-67(2,3)46-26-31-50(32-27-46)74(51-33-28-47(29-34-51)68(4,5)6)52-43-59-64-60(44-52)76-65-55(71(13)38-20-21-39-72(71,76)14)41-49(70(10,11)12)42-57(65)73(64)56-35-37-62-63(53-24-18-19-25-61(53)77-62)66(56)75(59)58-36-30-48(69(7,8)9)40-54(58)45-22-16-15-17-23-45/h15-19,22-37,40-44H,20-21,38-39H2,1-14H3. The van der Waals surface area contributed by atoms with Crippen molar-refractivity contribution in [2.45, 2.75) is 155 Å². The lowest BCUT2D eigenvalue weighted by Crippen LogP contribution is -2.64. The molecule has 388 valence electrons. The minimum absolute atomic E-state index is 0.00794. The molecule has 5 heteroatoms. The van der Waals surface area contributed by atoms with Gasteiger partial charge in [-0.25, -0.2) is 0 Å². The number of hydrogen-bond donors (Lipinski definition) is 0. The maximum Gasteiger partial charge on any atom is 0.252 e. The van der Waals surface area contributed by atoms with Gasteiger partial charge in [0.05, 0.1) is 28.0 Å². The third kappa shape index (κ3) is 7.45. The quantitative estimate of drug-likeness (QED) is 0.160. The van der Waals surface area contributed by atoms with Gasteiger partial charge in [0.25, 0.3) is 6.71 Å². The first kappa shape index (κ1) is 49.6. The molecule has 0 spiro atoms. The zero-order valence-electron chi connectivity index (χ0n) is 48.2. The lowest BCUT2D eigenvalue weighted by Gasteiger charge is -2.53. The number of fused-ring (bicyclic) bond motifs is 11. The van der Waals surface area contributed by atoms with E-state index >= 15 is 0 Å². The number of hydrogen-bond acceptors (Lipinski definition) is 4. The molecule has 0 N–H and O–H groups in total. The molecule has 8 aromatic carbocycles. The van der Waals surface area contributed by atoms with Crippen molar-refractivity contribution in [3.8, 4) is 11.1 Å². The molecule has 2 atom stereocenters. The highest BCUT2D eigenvalue weighted by Gasteiger charge is 2.62.